The molecule has 1 heterocycles. The van der Waals surface area contributed by atoms with Gasteiger partial charge in [-0.15, -0.1) is 0 Å². The minimum absolute atomic E-state index is 0.0315. The molecular formula is C13H14N2O5. The molecule has 0 bridgehead atoms. The van der Waals surface area contributed by atoms with E-state index in [4.69, 9.17) is 4.74 Å². The summed E-state index contributed by atoms with van der Waals surface area (Å²) in [5, 5.41) is 13.5. The van der Waals surface area contributed by atoms with Crippen molar-refractivity contribution in [2.45, 2.75) is 18.6 Å². The van der Waals surface area contributed by atoms with Crippen molar-refractivity contribution in [3.05, 3.63) is 35.9 Å². The zero-order valence-electron chi connectivity index (χ0n) is 10.6. The number of carbonyl (C=O) groups is 3. The maximum absolute atomic E-state index is 11.7. The maximum Gasteiger partial charge on any atom is 0.408 e. The zero-order valence-corrected chi connectivity index (χ0v) is 10.6. The van der Waals surface area contributed by atoms with Crippen molar-refractivity contribution in [3.63, 3.8) is 0 Å². The number of rotatable bonds is 4. The Balaban J connectivity index is 1.93. The van der Waals surface area contributed by atoms with Crippen LogP contribution in [0.2, 0.25) is 0 Å². The van der Waals surface area contributed by atoms with Crippen LogP contribution in [0.3, 0.4) is 0 Å². The Morgan fingerprint density at radius 2 is 2.05 bits per heavy atom. The van der Waals surface area contributed by atoms with Gasteiger partial charge in [0.05, 0.1) is 13.0 Å². The molecule has 2 rings (SSSR count). The molecule has 7 heteroatoms. The number of nitrogens with one attached hydrogen (secondary N) is 2. The minimum atomic E-state index is -1.63. The summed E-state index contributed by atoms with van der Waals surface area (Å²) < 4.78 is 4.95. The molecule has 0 saturated carbocycles. The summed E-state index contributed by atoms with van der Waals surface area (Å²) in [4.78, 5) is 34.4. The van der Waals surface area contributed by atoms with E-state index in [1.165, 1.54) is 0 Å². The van der Waals surface area contributed by atoms with Gasteiger partial charge in [0.2, 0.25) is 5.91 Å². The lowest BCUT2D eigenvalue weighted by Gasteiger charge is -2.23. The molecule has 1 aromatic rings. The second-order valence-electron chi connectivity index (χ2n) is 4.48. The highest BCUT2D eigenvalue weighted by atomic mass is 16.5. The largest absolute Gasteiger partial charge is 0.445 e. The first-order chi connectivity index (χ1) is 9.55. The number of ether oxygens (including phenoxy) is 1. The van der Waals surface area contributed by atoms with Gasteiger partial charge in [-0.25, -0.2) is 4.79 Å². The van der Waals surface area contributed by atoms with Crippen LogP contribution in [0.4, 0.5) is 4.79 Å². The number of alkyl carbamates (subject to hydrolysis) is 1. The Labute approximate surface area is 114 Å². The minimum Gasteiger partial charge on any atom is -0.445 e. The topological polar surface area (TPSA) is 105 Å². The molecule has 1 aromatic carbocycles. The van der Waals surface area contributed by atoms with E-state index in [9.17, 15) is 19.5 Å². The predicted molar refractivity (Wildman–Crippen MR) is 67.3 cm³/mol. The third-order valence-electron chi connectivity index (χ3n) is 2.97. The fourth-order valence-electron chi connectivity index (χ4n) is 1.87. The third-order valence-corrected chi connectivity index (χ3v) is 2.97. The van der Waals surface area contributed by atoms with Crippen molar-refractivity contribution in [2.75, 3.05) is 6.61 Å². The summed E-state index contributed by atoms with van der Waals surface area (Å²) in [6.07, 6.45) is -1.17. The quantitative estimate of drug-likeness (QED) is 0.655. The first-order valence-electron chi connectivity index (χ1n) is 6.00. The first-order valence-corrected chi connectivity index (χ1v) is 6.00. The van der Waals surface area contributed by atoms with Crippen molar-refractivity contribution in [1.29, 1.82) is 0 Å². The molecule has 1 saturated heterocycles. The number of imide groups is 1. The van der Waals surface area contributed by atoms with Crippen molar-refractivity contribution < 1.29 is 24.2 Å². The standard InChI is InChI=1S/C13H14N2O5/c16-8-13(6-10(17)14-11(13)18)15-12(19)20-7-9-4-2-1-3-5-9/h1-5,16H,6-8H2,(H,15,19)(H,14,17,18)/t13-/m0/s1. The molecule has 20 heavy (non-hydrogen) atoms. The van der Waals surface area contributed by atoms with Crippen molar-refractivity contribution in [2.24, 2.45) is 0 Å². The van der Waals surface area contributed by atoms with E-state index in [0.29, 0.717) is 0 Å². The Morgan fingerprint density at radius 1 is 1.35 bits per heavy atom. The highest BCUT2D eigenvalue weighted by Crippen LogP contribution is 2.16. The molecular weight excluding hydrogens is 264 g/mol. The van der Waals surface area contributed by atoms with E-state index < -0.39 is 30.1 Å². The molecule has 0 unspecified atom stereocenters. The summed E-state index contributed by atoms with van der Waals surface area (Å²) in [6, 6.07) is 8.99. The smallest absolute Gasteiger partial charge is 0.408 e. The van der Waals surface area contributed by atoms with Gasteiger partial charge in [0.1, 0.15) is 6.61 Å². The van der Waals surface area contributed by atoms with Crippen LogP contribution in [0, 0.1) is 0 Å². The molecule has 7 nitrogen and oxygen atoms in total. The molecule has 1 atom stereocenters. The van der Waals surface area contributed by atoms with Gasteiger partial charge in [-0.3, -0.25) is 14.9 Å². The van der Waals surface area contributed by atoms with Crippen LogP contribution in [0.1, 0.15) is 12.0 Å². The van der Waals surface area contributed by atoms with Crippen molar-refractivity contribution in [1.82, 2.24) is 10.6 Å². The number of aliphatic hydroxyl groups excluding tert-OH is 1. The fraction of sp³-hybridized carbons (Fsp3) is 0.308. The molecule has 0 aromatic heterocycles. The van der Waals surface area contributed by atoms with Gasteiger partial charge in [-0.05, 0) is 5.56 Å². The third kappa shape index (κ3) is 2.94. The van der Waals surface area contributed by atoms with Gasteiger partial charge >= 0.3 is 6.09 Å². The molecule has 3 amide bonds. The molecule has 3 N–H and O–H groups in total. The predicted octanol–water partition coefficient (Wildman–Crippen LogP) is -0.310. The van der Waals surface area contributed by atoms with Gasteiger partial charge < -0.3 is 15.2 Å². The lowest BCUT2D eigenvalue weighted by Crippen LogP contribution is -2.56. The lowest BCUT2D eigenvalue weighted by molar-refractivity contribution is -0.127. The Kier molecular flexibility index (Phi) is 3.99. The molecule has 1 fully saturated rings. The highest BCUT2D eigenvalue weighted by Gasteiger charge is 2.48. The monoisotopic (exact) mass is 278 g/mol. The number of benzene rings is 1. The Hall–Kier alpha value is -2.41. The average Bonchev–Trinajstić information content (AvgIpc) is 2.72. The van der Waals surface area contributed by atoms with Gasteiger partial charge in [0.15, 0.2) is 5.54 Å². The fourth-order valence-corrected chi connectivity index (χ4v) is 1.87. The number of aliphatic hydroxyl groups is 1. The van der Waals surface area contributed by atoms with Crippen molar-refractivity contribution >= 4 is 17.9 Å². The van der Waals surface area contributed by atoms with Crippen LogP contribution in [0.25, 0.3) is 0 Å². The normalized spacial score (nSPS) is 21.4. The molecule has 0 radical (unpaired) electrons. The average molecular weight is 278 g/mol. The van der Waals surface area contributed by atoms with Crippen LogP contribution in [0.5, 0.6) is 0 Å². The van der Waals surface area contributed by atoms with Gasteiger partial charge in [0.25, 0.3) is 5.91 Å². The summed E-state index contributed by atoms with van der Waals surface area (Å²) in [7, 11) is 0. The second-order valence-corrected chi connectivity index (χ2v) is 4.48. The number of hydrogen-bond donors (Lipinski definition) is 3. The molecule has 106 valence electrons. The number of carbonyl (C=O) groups excluding carboxylic acids is 3. The zero-order chi connectivity index (χ0) is 14.6. The number of amides is 3. The Bertz CT molecular complexity index is 531. The van der Waals surface area contributed by atoms with Crippen LogP contribution < -0.4 is 10.6 Å². The number of hydrogen-bond acceptors (Lipinski definition) is 5. The second kappa shape index (κ2) is 5.70. The van der Waals surface area contributed by atoms with E-state index >= 15 is 0 Å². The van der Waals surface area contributed by atoms with E-state index in [1.807, 2.05) is 11.4 Å². The van der Waals surface area contributed by atoms with E-state index in [-0.39, 0.29) is 13.0 Å². The van der Waals surface area contributed by atoms with Crippen LogP contribution in [0.15, 0.2) is 30.3 Å². The van der Waals surface area contributed by atoms with Crippen LogP contribution >= 0.6 is 0 Å². The van der Waals surface area contributed by atoms with Crippen molar-refractivity contribution in [3.8, 4) is 0 Å². The molecule has 1 aliphatic heterocycles. The first kappa shape index (κ1) is 14.0. The van der Waals surface area contributed by atoms with E-state index in [1.54, 1.807) is 24.3 Å². The molecule has 0 aliphatic carbocycles. The molecule has 0 spiro atoms. The Morgan fingerprint density at radius 3 is 2.60 bits per heavy atom. The van der Waals surface area contributed by atoms with Crippen LogP contribution in [-0.4, -0.2) is 35.2 Å². The summed E-state index contributed by atoms with van der Waals surface area (Å²) >= 11 is 0. The highest BCUT2D eigenvalue weighted by molar-refractivity contribution is 6.09. The van der Waals surface area contributed by atoms with E-state index in [2.05, 4.69) is 5.32 Å². The van der Waals surface area contributed by atoms with Gasteiger partial charge in [0, 0.05) is 0 Å². The van der Waals surface area contributed by atoms with E-state index in [0.717, 1.165) is 5.56 Å². The molecule has 1 aliphatic rings. The summed E-state index contributed by atoms with van der Waals surface area (Å²) in [5.41, 5.74) is -0.849. The van der Waals surface area contributed by atoms with Gasteiger partial charge in [-0.1, -0.05) is 30.3 Å². The van der Waals surface area contributed by atoms with Gasteiger partial charge in [-0.2, -0.15) is 0 Å². The maximum atomic E-state index is 11.7. The summed E-state index contributed by atoms with van der Waals surface area (Å²) in [6.45, 7) is -0.644. The summed E-state index contributed by atoms with van der Waals surface area (Å²) in [5.74, 6) is -1.28. The lowest BCUT2D eigenvalue weighted by atomic mass is 9.99. The SMILES string of the molecule is O=C1C[C@@](CO)(NC(=O)OCc2ccccc2)C(=O)N1. The van der Waals surface area contributed by atoms with Crippen LogP contribution in [-0.2, 0) is 20.9 Å².